The molecule has 1 saturated heterocycles. The lowest BCUT2D eigenvalue weighted by Gasteiger charge is -2.15. The van der Waals surface area contributed by atoms with E-state index in [1.165, 1.54) is 83.5 Å². The highest BCUT2D eigenvalue weighted by molar-refractivity contribution is 5.70. The first-order valence-electron chi connectivity index (χ1n) is 21.3. The molecule has 0 aromatic carbocycles. The van der Waals surface area contributed by atoms with Crippen LogP contribution in [0.3, 0.4) is 0 Å². The van der Waals surface area contributed by atoms with Gasteiger partial charge in [0.1, 0.15) is 6.61 Å². The molecule has 52 heavy (non-hydrogen) atoms. The quantitative estimate of drug-likeness (QED) is 0.0299. The van der Waals surface area contributed by atoms with Crippen LogP contribution in [0.1, 0.15) is 181 Å². The van der Waals surface area contributed by atoms with Crippen molar-refractivity contribution in [3.8, 4) is 0 Å². The first-order chi connectivity index (χ1) is 25.5. The molecule has 2 unspecified atom stereocenters. The Morgan fingerprint density at radius 3 is 1.56 bits per heavy atom. The van der Waals surface area contributed by atoms with Gasteiger partial charge in [0.15, 0.2) is 6.10 Å². The van der Waals surface area contributed by atoms with E-state index in [-0.39, 0.29) is 25.6 Å². The van der Waals surface area contributed by atoms with E-state index in [1.807, 2.05) is 12.2 Å². The number of carbonyl (C=O) groups is 2. The van der Waals surface area contributed by atoms with Crippen molar-refractivity contribution in [2.24, 2.45) is 5.92 Å². The maximum absolute atomic E-state index is 12.2. The largest absolute Gasteiger partial charge is 0.462 e. The zero-order valence-corrected chi connectivity index (χ0v) is 33.7. The second-order valence-electron chi connectivity index (χ2n) is 14.9. The van der Waals surface area contributed by atoms with Gasteiger partial charge in [0.25, 0.3) is 0 Å². The van der Waals surface area contributed by atoms with E-state index in [0.717, 1.165) is 63.7 Å². The SMILES string of the molecule is CC/C=C\CC1OC1C/C=C\C/C=C\C/C=C\C/C=C\CCC(=O)O[C@@H](CO)COC(=O)CCCCCCCCCCCCCCCCCC(C)C. The third kappa shape index (κ3) is 32.2. The molecule has 0 bridgehead atoms. The zero-order valence-electron chi connectivity index (χ0n) is 33.7. The van der Waals surface area contributed by atoms with Crippen molar-refractivity contribution in [2.45, 2.75) is 200 Å². The number of epoxide rings is 1. The Labute approximate surface area is 319 Å². The fourth-order valence-electron chi connectivity index (χ4n) is 6.10. The van der Waals surface area contributed by atoms with Gasteiger partial charge < -0.3 is 19.3 Å². The molecule has 1 aliphatic heterocycles. The van der Waals surface area contributed by atoms with Crippen molar-refractivity contribution >= 4 is 11.9 Å². The van der Waals surface area contributed by atoms with Gasteiger partial charge in [0.05, 0.1) is 18.8 Å². The minimum atomic E-state index is -0.816. The standard InChI is InChI=1S/C46H78O6/c1-4-5-29-35-43-44(52-43)36-31-26-22-18-14-11-12-16-20-24-28-33-38-46(49)51-42(39-47)40-50-45(48)37-32-27-23-19-15-10-8-6-7-9-13-17-21-25-30-34-41(2)3/h5,12,14,16,18,24,26,28-29,31,41-44,47H,4,6-11,13,15,17,19-23,25,27,30,32-40H2,1-3H3/b16-12-,18-14-,28-24-,29-5-,31-26-/t42-,43?,44?/m0/s1. The number of hydrogen-bond acceptors (Lipinski definition) is 6. The van der Waals surface area contributed by atoms with Crippen LogP contribution in [0, 0.1) is 5.92 Å². The van der Waals surface area contributed by atoms with Gasteiger partial charge in [0, 0.05) is 12.8 Å². The molecule has 1 N–H and O–H groups in total. The Hall–Kier alpha value is -2.44. The van der Waals surface area contributed by atoms with Crippen LogP contribution in [-0.4, -0.2) is 48.6 Å². The van der Waals surface area contributed by atoms with Gasteiger partial charge in [-0.2, -0.15) is 0 Å². The van der Waals surface area contributed by atoms with Crippen LogP contribution in [0.15, 0.2) is 60.8 Å². The molecule has 0 aromatic heterocycles. The summed E-state index contributed by atoms with van der Waals surface area (Å²) in [5.41, 5.74) is 0. The molecule has 6 nitrogen and oxygen atoms in total. The van der Waals surface area contributed by atoms with Gasteiger partial charge in [-0.1, -0.05) is 178 Å². The van der Waals surface area contributed by atoms with Gasteiger partial charge in [0.2, 0.25) is 0 Å². The molecule has 1 fully saturated rings. The predicted octanol–water partition coefficient (Wildman–Crippen LogP) is 12.4. The molecule has 0 spiro atoms. The third-order valence-corrected chi connectivity index (χ3v) is 9.42. The molecule has 0 saturated carbocycles. The second-order valence-corrected chi connectivity index (χ2v) is 14.9. The van der Waals surface area contributed by atoms with Crippen LogP contribution >= 0.6 is 0 Å². The zero-order chi connectivity index (χ0) is 37.7. The van der Waals surface area contributed by atoms with Crippen LogP contribution in [0.5, 0.6) is 0 Å². The number of ether oxygens (including phenoxy) is 3. The third-order valence-electron chi connectivity index (χ3n) is 9.42. The number of esters is 2. The molecule has 298 valence electrons. The number of aliphatic hydroxyl groups excluding tert-OH is 1. The second kappa shape index (κ2) is 35.6. The van der Waals surface area contributed by atoms with Crippen molar-refractivity contribution in [1.29, 1.82) is 0 Å². The number of aliphatic hydroxyl groups is 1. The molecule has 0 radical (unpaired) electrons. The van der Waals surface area contributed by atoms with Gasteiger partial charge in [-0.3, -0.25) is 9.59 Å². The molecular weight excluding hydrogens is 648 g/mol. The molecule has 0 amide bonds. The van der Waals surface area contributed by atoms with Gasteiger partial charge >= 0.3 is 11.9 Å². The van der Waals surface area contributed by atoms with Crippen molar-refractivity contribution in [3.63, 3.8) is 0 Å². The van der Waals surface area contributed by atoms with E-state index < -0.39 is 12.1 Å². The average molecular weight is 727 g/mol. The number of hydrogen-bond donors (Lipinski definition) is 1. The summed E-state index contributed by atoms with van der Waals surface area (Å²) in [6, 6.07) is 0. The summed E-state index contributed by atoms with van der Waals surface area (Å²) in [6.45, 7) is 6.32. The van der Waals surface area contributed by atoms with Gasteiger partial charge in [-0.05, 0) is 57.3 Å². The highest BCUT2D eigenvalue weighted by Crippen LogP contribution is 2.29. The van der Waals surface area contributed by atoms with Crippen molar-refractivity contribution in [3.05, 3.63) is 60.8 Å². The first kappa shape index (κ1) is 47.6. The van der Waals surface area contributed by atoms with E-state index in [1.54, 1.807) is 0 Å². The van der Waals surface area contributed by atoms with E-state index in [0.29, 0.717) is 25.0 Å². The highest BCUT2D eigenvalue weighted by Gasteiger charge is 2.35. The lowest BCUT2D eigenvalue weighted by Crippen LogP contribution is -2.28. The van der Waals surface area contributed by atoms with Crippen LogP contribution in [0.25, 0.3) is 0 Å². The molecule has 1 rings (SSSR count). The summed E-state index contributed by atoms with van der Waals surface area (Å²) >= 11 is 0. The van der Waals surface area contributed by atoms with Crippen molar-refractivity contribution in [2.75, 3.05) is 13.2 Å². The van der Waals surface area contributed by atoms with Crippen molar-refractivity contribution in [1.82, 2.24) is 0 Å². The maximum Gasteiger partial charge on any atom is 0.306 e. The van der Waals surface area contributed by atoms with Crippen LogP contribution in [0.4, 0.5) is 0 Å². The van der Waals surface area contributed by atoms with E-state index >= 15 is 0 Å². The Balaban J connectivity index is 1.91. The monoisotopic (exact) mass is 727 g/mol. The predicted molar refractivity (Wildman–Crippen MR) is 218 cm³/mol. The lowest BCUT2D eigenvalue weighted by atomic mass is 10.0. The van der Waals surface area contributed by atoms with Crippen molar-refractivity contribution < 1.29 is 28.9 Å². The van der Waals surface area contributed by atoms with Crippen LogP contribution in [0.2, 0.25) is 0 Å². The van der Waals surface area contributed by atoms with E-state index in [2.05, 4.69) is 69.4 Å². The normalized spacial score (nSPS) is 16.8. The summed E-state index contributed by atoms with van der Waals surface area (Å²) in [4.78, 5) is 24.3. The molecule has 0 aliphatic carbocycles. The summed E-state index contributed by atoms with van der Waals surface area (Å²) in [5.74, 6) is 0.158. The molecule has 0 aromatic rings. The van der Waals surface area contributed by atoms with Gasteiger partial charge in [-0.15, -0.1) is 0 Å². The van der Waals surface area contributed by atoms with Crippen LogP contribution < -0.4 is 0 Å². The Kier molecular flexibility index (Phi) is 32.6. The fraction of sp³-hybridized carbons (Fsp3) is 0.739. The number of rotatable bonds is 36. The molecule has 6 heteroatoms. The Bertz CT molecular complexity index is 993. The summed E-state index contributed by atoms with van der Waals surface area (Å²) in [5, 5.41) is 9.57. The molecule has 1 heterocycles. The highest BCUT2D eigenvalue weighted by atomic mass is 16.6. The maximum atomic E-state index is 12.2. The number of carbonyl (C=O) groups excluding carboxylic acids is 2. The summed E-state index contributed by atoms with van der Waals surface area (Å²) < 4.78 is 16.2. The first-order valence-corrected chi connectivity index (χ1v) is 21.3. The minimum absolute atomic E-state index is 0.0994. The van der Waals surface area contributed by atoms with E-state index in [9.17, 15) is 14.7 Å². The molecule has 3 atom stereocenters. The van der Waals surface area contributed by atoms with Crippen LogP contribution in [-0.2, 0) is 23.8 Å². The lowest BCUT2D eigenvalue weighted by molar-refractivity contribution is -0.161. The Morgan fingerprint density at radius 1 is 0.596 bits per heavy atom. The number of unbranched alkanes of at least 4 members (excludes halogenated alkanes) is 14. The summed E-state index contributed by atoms with van der Waals surface area (Å²) in [6.07, 6.45) is 49.1. The number of allylic oxidation sites excluding steroid dienone is 8. The van der Waals surface area contributed by atoms with Gasteiger partial charge in [-0.25, -0.2) is 0 Å². The summed E-state index contributed by atoms with van der Waals surface area (Å²) in [7, 11) is 0. The smallest absolute Gasteiger partial charge is 0.306 e. The molecular formula is C46H78O6. The topological polar surface area (TPSA) is 85.4 Å². The fourth-order valence-corrected chi connectivity index (χ4v) is 6.10. The Morgan fingerprint density at radius 2 is 1.06 bits per heavy atom. The minimum Gasteiger partial charge on any atom is -0.462 e. The van der Waals surface area contributed by atoms with E-state index in [4.69, 9.17) is 14.2 Å². The average Bonchev–Trinajstić information content (AvgIpc) is 3.89. The molecule has 1 aliphatic rings.